The summed E-state index contributed by atoms with van der Waals surface area (Å²) in [6, 6.07) is 2.57. The molecule has 4 nitrogen and oxygen atoms in total. The first-order chi connectivity index (χ1) is 11.0. The molecule has 1 unspecified atom stereocenters. The number of hydrogen-bond donors (Lipinski definition) is 1. The highest BCUT2D eigenvalue weighted by atomic mass is 19.2. The van der Waals surface area contributed by atoms with Crippen LogP contribution in [0.2, 0.25) is 0 Å². The molecule has 134 valence electrons. The normalized spacial score (nSPS) is 12.8. The molecule has 1 atom stereocenters. The summed E-state index contributed by atoms with van der Waals surface area (Å²) in [6.45, 7) is 8.92. The molecule has 0 bridgehead atoms. The molecule has 0 spiro atoms. The molecular weight excluding hydrogens is 316 g/mol. The zero-order chi connectivity index (χ0) is 18.5. The SMILES string of the molecule is CC(C)CC(=O)C(Cc1ccc(F)c(F)c1)NC(=O)OC(C)(C)C. The van der Waals surface area contributed by atoms with Crippen molar-refractivity contribution in [1.29, 1.82) is 0 Å². The van der Waals surface area contributed by atoms with E-state index in [0.29, 0.717) is 5.56 Å². The van der Waals surface area contributed by atoms with E-state index in [1.807, 2.05) is 13.8 Å². The van der Waals surface area contributed by atoms with Crippen molar-refractivity contribution in [3.8, 4) is 0 Å². The Hall–Kier alpha value is -1.98. The molecule has 0 saturated heterocycles. The Balaban J connectivity index is 2.90. The third kappa shape index (κ3) is 7.06. The van der Waals surface area contributed by atoms with Gasteiger partial charge in [0.2, 0.25) is 0 Å². The number of carbonyl (C=O) groups excluding carboxylic acids is 2. The van der Waals surface area contributed by atoms with Crippen LogP contribution in [-0.4, -0.2) is 23.5 Å². The maximum atomic E-state index is 13.4. The smallest absolute Gasteiger partial charge is 0.408 e. The fraction of sp³-hybridized carbons (Fsp3) is 0.556. The maximum Gasteiger partial charge on any atom is 0.408 e. The molecule has 24 heavy (non-hydrogen) atoms. The van der Waals surface area contributed by atoms with Gasteiger partial charge < -0.3 is 10.1 Å². The van der Waals surface area contributed by atoms with Gasteiger partial charge in [-0.15, -0.1) is 0 Å². The van der Waals surface area contributed by atoms with Gasteiger partial charge in [-0.25, -0.2) is 13.6 Å². The van der Waals surface area contributed by atoms with Crippen molar-refractivity contribution in [2.24, 2.45) is 5.92 Å². The summed E-state index contributed by atoms with van der Waals surface area (Å²) < 4.78 is 31.6. The van der Waals surface area contributed by atoms with Gasteiger partial charge in [0.15, 0.2) is 17.4 Å². The quantitative estimate of drug-likeness (QED) is 0.850. The Morgan fingerprint density at radius 2 is 1.79 bits per heavy atom. The van der Waals surface area contributed by atoms with Crippen molar-refractivity contribution in [3.05, 3.63) is 35.4 Å². The lowest BCUT2D eigenvalue weighted by Crippen LogP contribution is -2.45. The predicted octanol–water partition coefficient (Wildman–Crippen LogP) is 4.02. The number of halogens is 2. The van der Waals surface area contributed by atoms with E-state index in [0.717, 1.165) is 12.1 Å². The van der Waals surface area contributed by atoms with E-state index in [1.54, 1.807) is 20.8 Å². The third-order valence-corrected chi connectivity index (χ3v) is 3.11. The van der Waals surface area contributed by atoms with E-state index in [9.17, 15) is 18.4 Å². The van der Waals surface area contributed by atoms with Crippen molar-refractivity contribution >= 4 is 11.9 Å². The average Bonchev–Trinajstić information content (AvgIpc) is 2.39. The topological polar surface area (TPSA) is 55.4 Å². The van der Waals surface area contributed by atoms with E-state index >= 15 is 0 Å². The molecule has 0 saturated carbocycles. The van der Waals surface area contributed by atoms with Crippen LogP contribution in [0.4, 0.5) is 13.6 Å². The summed E-state index contributed by atoms with van der Waals surface area (Å²) >= 11 is 0. The second-order valence-electron chi connectivity index (χ2n) is 7.22. The fourth-order valence-electron chi connectivity index (χ4n) is 2.14. The van der Waals surface area contributed by atoms with Crippen LogP contribution in [0.15, 0.2) is 18.2 Å². The zero-order valence-corrected chi connectivity index (χ0v) is 14.8. The van der Waals surface area contributed by atoms with Crippen molar-refractivity contribution in [3.63, 3.8) is 0 Å². The first kappa shape index (κ1) is 20.1. The van der Waals surface area contributed by atoms with Crippen LogP contribution in [-0.2, 0) is 16.0 Å². The molecule has 0 radical (unpaired) electrons. The number of amides is 1. The molecule has 1 aromatic rings. The van der Waals surface area contributed by atoms with E-state index in [4.69, 9.17) is 4.74 Å². The van der Waals surface area contributed by atoms with E-state index in [2.05, 4.69) is 5.32 Å². The minimum absolute atomic E-state index is 0.0714. The van der Waals surface area contributed by atoms with Gasteiger partial charge in [-0.2, -0.15) is 0 Å². The number of ketones is 1. The van der Waals surface area contributed by atoms with Gasteiger partial charge in [0.05, 0.1) is 6.04 Å². The Morgan fingerprint density at radius 3 is 2.29 bits per heavy atom. The molecule has 1 aromatic carbocycles. The second-order valence-corrected chi connectivity index (χ2v) is 7.22. The summed E-state index contributed by atoms with van der Waals surface area (Å²) in [6.07, 6.45) is -0.376. The molecule has 0 aliphatic heterocycles. The molecule has 0 fully saturated rings. The van der Waals surface area contributed by atoms with Crippen molar-refractivity contribution in [2.75, 3.05) is 0 Å². The van der Waals surface area contributed by atoms with Crippen LogP contribution >= 0.6 is 0 Å². The molecule has 0 aliphatic carbocycles. The molecule has 1 amide bonds. The number of carbonyl (C=O) groups is 2. The molecule has 0 aliphatic rings. The molecule has 6 heteroatoms. The number of ether oxygens (including phenoxy) is 1. The zero-order valence-electron chi connectivity index (χ0n) is 14.8. The average molecular weight is 341 g/mol. The summed E-state index contributed by atoms with van der Waals surface area (Å²) in [5, 5.41) is 2.53. The molecule has 1 rings (SSSR count). The standard InChI is InChI=1S/C18H25F2NO3/c1-11(2)8-16(22)15(21-17(23)24-18(3,4)5)10-12-6-7-13(19)14(20)9-12/h6-7,9,11,15H,8,10H2,1-5H3,(H,21,23). The number of rotatable bonds is 6. The van der Waals surface area contributed by atoms with E-state index < -0.39 is 29.4 Å². The summed E-state index contributed by atoms with van der Waals surface area (Å²) in [5.41, 5.74) is -0.274. The highest BCUT2D eigenvalue weighted by Gasteiger charge is 2.25. The van der Waals surface area contributed by atoms with Gasteiger partial charge in [0.25, 0.3) is 0 Å². The maximum absolute atomic E-state index is 13.4. The summed E-state index contributed by atoms with van der Waals surface area (Å²) in [7, 11) is 0. The van der Waals surface area contributed by atoms with Crippen LogP contribution in [0.1, 0.15) is 46.6 Å². The Kier molecular flexibility index (Phi) is 6.87. The van der Waals surface area contributed by atoms with Crippen LogP contribution < -0.4 is 5.32 Å². The highest BCUT2D eigenvalue weighted by molar-refractivity contribution is 5.87. The fourth-order valence-corrected chi connectivity index (χ4v) is 2.14. The summed E-state index contributed by atoms with van der Waals surface area (Å²) in [5.74, 6) is -2.00. The Labute approximate surface area is 141 Å². The van der Waals surface area contributed by atoms with Gasteiger partial charge >= 0.3 is 6.09 Å². The third-order valence-electron chi connectivity index (χ3n) is 3.11. The Bertz CT molecular complexity index is 594. The molecule has 1 N–H and O–H groups in total. The second kappa shape index (κ2) is 8.22. The van der Waals surface area contributed by atoms with E-state index in [1.165, 1.54) is 6.07 Å². The van der Waals surface area contributed by atoms with Crippen molar-refractivity contribution in [2.45, 2.75) is 59.1 Å². The van der Waals surface area contributed by atoms with Gasteiger partial charge in [-0.3, -0.25) is 4.79 Å². The minimum atomic E-state index is -0.986. The molecule has 0 heterocycles. The van der Waals surface area contributed by atoms with E-state index in [-0.39, 0.29) is 24.5 Å². The number of benzene rings is 1. The Morgan fingerprint density at radius 1 is 1.17 bits per heavy atom. The van der Waals surface area contributed by atoms with Gasteiger partial charge in [0, 0.05) is 6.42 Å². The number of alkyl carbamates (subject to hydrolysis) is 1. The van der Waals surface area contributed by atoms with Crippen molar-refractivity contribution in [1.82, 2.24) is 5.32 Å². The van der Waals surface area contributed by atoms with Crippen molar-refractivity contribution < 1.29 is 23.1 Å². The predicted molar refractivity (Wildman–Crippen MR) is 87.7 cm³/mol. The lowest BCUT2D eigenvalue weighted by Gasteiger charge is -2.23. The van der Waals surface area contributed by atoms with Gasteiger partial charge in [0.1, 0.15) is 5.60 Å². The summed E-state index contributed by atoms with van der Waals surface area (Å²) in [4.78, 5) is 24.3. The molecule has 0 aromatic heterocycles. The van der Waals surface area contributed by atoms with Gasteiger partial charge in [-0.05, 0) is 50.8 Å². The van der Waals surface area contributed by atoms with Gasteiger partial charge in [-0.1, -0.05) is 19.9 Å². The lowest BCUT2D eigenvalue weighted by atomic mass is 9.96. The number of nitrogens with one attached hydrogen (secondary N) is 1. The van der Waals surface area contributed by atoms with Crippen LogP contribution in [0.5, 0.6) is 0 Å². The lowest BCUT2D eigenvalue weighted by molar-refractivity contribution is -0.121. The number of Topliss-reactive ketones (excluding diaryl/α,β-unsaturated/α-hetero) is 1. The highest BCUT2D eigenvalue weighted by Crippen LogP contribution is 2.14. The van der Waals surface area contributed by atoms with Crippen LogP contribution in [0.25, 0.3) is 0 Å². The van der Waals surface area contributed by atoms with Crippen LogP contribution in [0.3, 0.4) is 0 Å². The first-order valence-corrected chi connectivity index (χ1v) is 7.94. The first-order valence-electron chi connectivity index (χ1n) is 7.94. The monoisotopic (exact) mass is 341 g/mol. The number of hydrogen-bond acceptors (Lipinski definition) is 3. The minimum Gasteiger partial charge on any atom is -0.444 e. The molecular formula is C18H25F2NO3. The van der Waals surface area contributed by atoms with Crippen LogP contribution in [0, 0.1) is 17.6 Å². The largest absolute Gasteiger partial charge is 0.444 e.